The number of anilines is 1. The molecule has 0 N–H and O–H groups in total. The molecular weight excluding hydrogens is 361 g/mol. The molecule has 2 aliphatic carbocycles. The van der Waals surface area contributed by atoms with Gasteiger partial charge in [0, 0.05) is 12.6 Å². The number of allylic oxidation sites excluding steroid dienone is 2. The number of hydrogen-bond donors (Lipinski definition) is 0. The van der Waals surface area contributed by atoms with Crippen molar-refractivity contribution in [3.8, 4) is 0 Å². The fourth-order valence-electron chi connectivity index (χ4n) is 4.46. The number of hydrogen-bond acceptors (Lipinski definition) is 3. The lowest BCUT2D eigenvalue weighted by molar-refractivity contribution is -0.141. The molecule has 3 amide bonds. The van der Waals surface area contributed by atoms with Gasteiger partial charge in [0.05, 0.1) is 17.4 Å². The van der Waals surface area contributed by atoms with Gasteiger partial charge in [-0.3, -0.25) is 24.2 Å². The minimum atomic E-state index is -4.56. The monoisotopic (exact) mass is 378 g/mol. The van der Waals surface area contributed by atoms with Crippen molar-refractivity contribution in [2.75, 3.05) is 11.6 Å². The summed E-state index contributed by atoms with van der Waals surface area (Å²) in [7, 11) is 0. The summed E-state index contributed by atoms with van der Waals surface area (Å²) in [5.74, 6) is -2.01. The summed E-state index contributed by atoms with van der Waals surface area (Å²) in [5, 5.41) is 0. The molecular formula is C19H17F3N2O3. The third-order valence-electron chi connectivity index (χ3n) is 5.71. The first kappa shape index (κ1) is 17.8. The van der Waals surface area contributed by atoms with E-state index in [1.165, 1.54) is 19.1 Å². The van der Waals surface area contributed by atoms with E-state index in [-0.39, 0.29) is 36.0 Å². The maximum Gasteiger partial charge on any atom is 0.416 e. The molecule has 1 heterocycles. The first-order valence-electron chi connectivity index (χ1n) is 8.67. The standard InChI is InChI=1S/C19H17F3N2O3/c1-10(25)23(14-4-2-3-13(8-14)19(20,21)22)9-24-17(26)15-11-5-6-12(7-11)16(15)18(24)27/h2-6,8,11-12,15-16H,7,9H2,1H3/t11-,12-,15-,16-/m0/s1. The molecule has 1 aromatic rings. The van der Waals surface area contributed by atoms with E-state index in [0.717, 1.165) is 28.4 Å². The van der Waals surface area contributed by atoms with E-state index >= 15 is 0 Å². The molecule has 2 fully saturated rings. The number of alkyl halides is 3. The Morgan fingerprint density at radius 2 is 1.74 bits per heavy atom. The zero-order valence-electron chi connectivity index (χ0n) is 14.4. The van der Waals surface area contributed by atoms with Crippen LogP contribution in [0.2, 0.25) is 0 Å². The van der Waals surface area contributed by atoms with Crippen molar-refractivity contribution in [3.05, 3.63) is 42.0 Å². The van der Waals surface area contributed by atoms with Crippen molar-refractivity contribution in [1.82, 2.24) is 4.90 Å². The molecule has 4 rings (SSSR count). The van der Waals surface area contributed by atoms with Gasteiger partial charge in [-0.1, -0.05) is 18.2 Å². The molecule has 3 aliphatic rings. The number of halogens is 3. The van der Waals surface area contributed by atoms with Crippen molar-refractivity contribution < 1.29 is 27.6 Å². The quantitative estimate of drug-likeness (QED) is 0.600. The van der Waals surface area contributed by atoms with E-state index in [9.17, 15) is 27.6 Å². The predicted octanol–water partition coefficient (Wildman–Crippen LogP) is 2.82. The highest BCUT2D eigenvalue weighted by atomic mass is 19.4. The first-order chi connectivity index (χ1) is 12.7. The average Bonchev–Trinajstić information content (AvgIpc) is 3.27. The second-order valence-corrected chi connectivity index (χ2v) is 7.24. The minimum Gasteiger partial charge on any atom is -0.294 e. The van der Waals surface area contributed by atoms with Gasteiger partial charge in [-0.25, -0.2) is 0 Å². The number of carbonyl (C=O) groups excluding carboxylic acids is 3. The summed E-state index contributed by atoms with van der Waals surface area (Å²) >= 11 is 0. The largest absolute Gasteiger partial charge is 0.416 e. The fraction of sp³-hybridized carbons (Fsp3) is 0.421. The molecule has 4 atom stereocenters. The lowest BCUT2D eigenvalue weighted by Crippen LogP contribution is -2.44. The van der Waals surface area contributed by atoms with E-state index < -0.39 is 29.5 Å². The highest BCUT2D eigenvalue weighted by molar-refractivity contribution is 6.07. The summed E-state index contributed by atoms with van der Waals surface area (Å²) in [6, 6.07) is 4.30. The smallest absolute Gasteiger partial charge is 0.294 e. The molecule has 0 radical (unpaired) electrons. The molecule has 1 saturated heterocycles. The summed E-state index contributed by atoms with van der Waals surface area (Å²) in [6.45, 7) is 0.818. The number of amides is 3. The molecule has 1 aromatic carbocycles. The van der Waals surface area contributed by atoms with Crippen LogP contribution in [0.5, 0.6) is 0 Å². The van der Waals surface area contributed by atoms with Crippen LogP contribution in [0.4, 0.5) is 18.9 Å². The Kier molecular flexibility index (Phi) is 3.90. The number of fused-ring (bicyclic) bond motifs is 5. The molecule has 0 aromatic heterocycles. The zero-order chi connectivity index (χ0) is 19.5. The third kappa shape index (κ3) is 2.74. The molecule has 142 valence electrons. The number of carbonyl (C=O) groups is 3. The van der Waals surface area contributed by atoms with Gasteiger partial charge >= 0.3 is 6.18 Å². The van der Waals surface area contributed by atoms with Gasteiger partial charge in [0.2, 0.25) is 17.7 Å². The van der Waals surface area contributed by atoms with Gasteiger partial charge in [-0.05, 0) is 36.5 Å². The Hall–Kier alpha value is -2.64. The van der Waals surface area contributed by atoms with E-state index in [1.54, 1.807) is 0 Å². The normalized spacial score (nSPS) is 28.8. The summed E-state index contributed by atoms with van der Waals surface area (Å²) in [6.07, 6.45) is 0.135. The average molecular weight is 378 g/mol. The molecule has 1 saturated carbocycles. The Bertz CT molecular complexity index is 834. The van der Waals surface area contributed by atoms with Crippen LogP contribution >= 0.6 is 0 Å². The molecule has 1 aliphatic heterocycles. The van der Waals surface area contributed by atoms with Crippen LogP contribution in [0.15, 0.2) is 36.4 Å². The Morgan fingerprint density at radius 1 is 1.15 bits per heavy atom. The molecule has 0 unspecified atom stereocenters. The van der Waals surface area contributed by atoms with Crippen LogP contribution in [0.25, 0.3) is 0 Å². The Balaban J connectivity index is 1.61. The number of likely N-dealkylation sites (tertiary alicyclic amines) is 1. The van der Waals surface area contributed by atoms with E-state index in [0.29, 0.717) is 0 Å². The maximum atomic E-state index is 13.0. The van der Waals surface area contributed by atoms with Gasteiger partial charge in [0.15, 0.2) is 0 Å². The lowest BCUT2D eigenvalue weighted by atomic mass is 9.85. The van der Waals surface area contributed by atoms with Crippen LogP contribution in [-0.4, -0.2) is 29.3 Å². The Morgan fingerprint density at radius 3 is 2.26 bits per heavy atom. The number of imide groups is 1. The van der Waals surface area contributed by atoms with Crippen molar-refractivity contribution in [2.45, 2.75) is 19.5 Å². The van der Waals surface area contributed by atoms with Crippen LogP contribution < -0.4 is 4.90 Å². The Labute approximate surface area is 153 Å². The van der Waals surface area contributed by atoms with Crippen molar-refractivity contribution in [3.63, 3.8) is 0 Å². The topological polar surface area (TPSA) is 57.7 Å². The predicted molar refractivity (Wildman–Crippen MR) is 89.0 cm³/mol. The highest BCUT2D eigenvalue weighted by Gasteiger charge is 2.59. The van der Waals surface area contributed by atoms with Gasteiger partial charge < -0.3 is 0 Å². The lowest BCUT2D eigenvalue weighted by Gasteiger charge is -2.27. The van der Waals surface area contributed by atoms with Crippen molar-refractivity contribution >= 4 is 23.4 Å². The second-order valence-electron chi connectivity index (χ2n) is 7.24. The maximum absolute atomic E-state index is 13.0. The van der Waals surface area contributed by atoms with Crippen molar-refractivity contribution in [2.24, 2.45) is 23.7 Å². The van der Waals surface area contributed by atoms with Gasteiger partial charge in [0.1, 0.15) is 6.67 Å². The second kappa shape index (κ2) is 5.94. The molecule has 2 bridgehead atoms. The number of nitrogens with zero attached hydrogens (tertiary/aromatic N) is 2. The van der Waals surface area contributed by atoms with E-state index in [1.807, 2.05) is 12.2 Å². The van der Waals surface area contributed by atoms with Gasteiger partial charge in [-0.2, -0.15) is 13.2 Å². The molecule has 5 nitrogen and oxygen atoms in total. The number of rotatable bonds is 3. The van der Waals surface area contributed by atoms with Gasteiger partial charge in [-0.15, -0.1) is 0 Å². The minimum absolute atomic E-state index is 0.00363. The first-order valence-corrected chi connectivity index (χ1v) is 8.67. The summed E-state index contributed by atoms with van der Waals surface area (Å²) in [4.78, 5) is 39.6. The van der Waals surface area contributed by atoms with E-state index in [2.05, 4.69) is 0 Å². The van der Waals surface area contributed by atoms with Crippen LogP contribution in [0.3, 0.4) is 0 Å². The SMILES string of the molecule is CC(=O)N(CN1C(=O)[C@@H]2[C@@H](C1=O)[C@H]1C=C[C@H]2C1)c1cccc(C(F)(F)F)c1. The van der Waals surface area contributed by atoms with Crippen LogP contribution in [0, 0.1) is 23.7 Å². The van der Waals surface area contributed by atoms with Gasteiger partial charge in [0.25, 0.3) is 0 Å². The van der Waals surface area contributed by atoms with E-state index in [4.69, 9.17) is 0 Å². The van der Waals surface area contributed by atoms with Crippen LogP contribution in [-0.2, 0) is 20.6 Å². The summed E-state index contributed by atoms with van der Waals surface area (Å²) in [5.41, 5.74) is -0.902. The highest BCUT2D eigenvalue weighted by Crippen LogP contribution is 2.52. The summed E-state index contributed by atoms with van der Waals surface area (Å²) < 4.78 is 38.9. The number of benzene rings is 1. The molecule has 8 heteroatoms. The molecule has 0 spiro atoms. The third-order valence-corrected chi connectivity index (χ3v) is 5.71. The molecule has 27 heavy (non-hydrogen) atoms. The zero-order valence-corrected chi connectivity index (χ0v) is 14.4. The van der Waals surface area contributed by atoms with Crippen LogP contribution in [0.1, 0.15) is 18.9 Å². The van der Waals surface area contributed by atoms with Crippen molar-refractivity contribution in [1.29, 1.82) is 0 Å². The fourth-order valence-corrected chi connectivity index (χ4v) is 4.46.